The van der Waals surface area contributed by atoms with Crippen LogP contribution in [0.1, 0.15) is 17.4 Å². The molecule has 0 fully saturated rings. The number of thiazole rings is 1. The molecule has 1 aromatic heterocycles. The first-order valence-electron chi connectivity index (χ1n) is 6.07. The van der Waals surface area contributed by atoms with E-state index in [4.69, 9.17) is 0 Å². The van der Waals surface area contributed by atoms with Crippen LogP contribution < -0.4 is 5.32 Å². The molecule has 2 aromatic rings. The van der Waals surface area contributed by atoms with Crippen LogP contribution in [0, 0.1) is 0 Å². The first-order valence-corrected chi connectivity index (χ1v) is 6.95. The average molecular weight is 275 g/mol. The summed E-state index contributed by atoms with van der Waals surface area (Å²) in [5.41, 5.74) is 4.00. The molecule has 2 rings (SSSR count). The molecular formula is C14H17N3OS. The van der Waals surface area contributed by atoms with E-state index in [0.717, 1.165) is 17.8 Å². The highest BCUT2D eigenvalue weighted by molar-refractivity contribution is 7.09. The van der Waals surface area contributed by atoms with Crippen molar-refractivity contribution in [2.24, 2.45) is 0 Å². The van der Waals surface area contributed by atoms with Gasteiger partial charge in [0.1, 0.15) is 0 Å². The lowest BCUT2D eigenvalue weighted by molar-refractivity contribution is -0.128. The molecule has 0 aliphatic heterocycles. The van der Waals surface area contributed by atoms with Crippen molar-refractivity contribution in [3.05, 3.63) is 46.4 Å². The van der Waals surface area contributed by atoms with Crippen LogP contribution in [0.3, 0.4) is 0 Å². The van der Waals surface area contributed by atoms with Gasteiger partial charge in [0.05, 0.1) is 12.1 Å². The molecule has 4 nitrogen and oxygen atoms in total. The molecule has 0 unspecified atom stereocenters. The van der Waals surface area contributed by atoms with Crippen LogP contribution >= 0.6 is 11.3 Å². The van der Waals surface area contributed by atoms with Crippen LogP contribution in [0.15, 0.2) is 36.0 Å². The Morgan fingerprint density at radius 3 is 3.00 bits per heavy atom. The van der Waals surface area contributed by atoms with Crippen molar-refractivity contribution in [3.8, 4) is 0 Å². The molecule has 0 radical (unpaired) electrons. The SMILES string of the molecule is CC(=O)N(C)Cc1cccc(NCc2cncs2)c1. The van der Waals surface area contributed by atoms with E-state index in [2.05, 4.69) is 16.4 Å². The highest BCUT2D eigenvalue weighted by atomic mass is 32.1. The summed E-state index contributed by atoms with van der Waals surface area (Å²) >= 11 is 1.63. The largest absolute Gasteiger partial charge is 0.380 e. The Hall–Kier alpha value is -1.88. The zero-order valence-corrected chi connectivity index (χ0v) is 11.9. The van der Waals surface area contributed by atoms with Gasteiger partial charge in [-0.25, -0.2) is 0 Å². The molecule has 0 bridgehead atoms. The highest BCUT2D eigenvalue weighted by Crippen LogP contribution is 2.14. The Balaban J connectivity index is 1.96. The number of hydrogen-bond acceptors (Lipinski definition) is 4. The molecule has 0 saturated heterocycles. The normalized spacial score (nSPS) is 10.2. The summed E-state index contributed by atoms with van der Waals surface area (Å²) in [4.78, 5) is 18.2. The Morgan fingerprint density at radius 1 is 1.47 bits per heavy atom. The second kappa shape index (κ2) is 6.33. The fraction of sp³-hybridized carbons (Fsp3) is 0.286. The standard InChI is InChI=1S/C14H17N3OS/c1-11(18)17(2)9-12-4-3-5-13(6-12)16-8-14-7-15-10-19-14/h3-7,10,16H,8-9H2,1-2H3. The van der Waals surface area contributed by atoms with Crippen molar-refractivity contribution < 1.29 is 4.79 Å². The van der Waals surface area contributed by atoms with Crippen molar-refractivity contribution >= 4 is 22.9 Å². The van der Waals surface area contributed by atoms with Gasteiger partial charge in [-0.2, -0.15) is 0 Å². The zero-order chi connectivity index (χ0) is 13.7. The van der Waals surface area contributed by atoms with Gasteiger partial charge in [-0.05, 0) is 17.7 Å². The molecule has 5 heteroatoms. The molecule has 0 aliphatic rings. The fourth-order valence-electron chi connectivity index (χ4n) is 1.68. The number of carbonyl (C=O) groups is 1. The number of rotatable bonds is 5. The summed E-state index contributed by atoms with van der Waals surface area (Å²) < 4.78 is 0. The second-order valence-corrected chi connectivity index (χ2v) is 5.37. The fourth-order valence-corrected chi connectivity index (χ4v) is 2.22. The molecule has 1 N–H and O–H groups in total. The average Bonchev–Trinajstić information content (AvgIpc) is 2.90. The molecule has 1 amide bonds. The topological polar surface area (TPSA) is 45.2 Å². The van der Waals surface area contributed by atoms with Crippen LogP contribution in [0.5, 0.6) is 0 Å². The minimum atomic E-state index is 0.0722. The minimum Gasteiger partial charge on any atom is -0.380 e. The van der Waals surface area contributed by atoms with E-state index >= 15 is 0 Å². The van der Waals surface area contributed by atoms with E-state index in [1.807, 2.05) is 29.9 Å². The monoisotopic (exact) mass is 275 g/mol. The van der Waals surface area contributed by atoms with Crippen LogP contribution in [0.4, 0.5) is 5.69 Å². The van der Waals surface area contributed by atoms with E-state index in [-0.39, 0.29) is 5.91 Å². The number of amides is 1. The first kappa shape index (κ1) is 13.5. The maximum absolute atomic E-state index is 11.2. The van der Waals surface area contributed by atoms with Crippen LogP contribution in [0.2, 0.25) is 0 Å². The summed E-state index contributed by atoms with van der Waals surface area (Å²) in [5, 5.41) is 3.36. The molecule has 0 spiro atoms. The molecule has 19 heavy (non-hydrogen) atoms. The summed E-state index contributed by atoms with van der Waals surface area (Å²) in [6.07, 6.45) is 1.87. The Bertz CT molecular complexity index is 539. The molecule has 0 atom stereocenters. The molecule has 0 aliphatic carbocycles. The highest BCUT2D eigenvalue weighted by Gasteiger charge is 2.04. The van der Waals surface area contributed by atoms with Crippen molar-refractivity contribution in [1.29, 1.82) is 0 Å². The van der Waals surface area contributed by atoms with Gasteiger partial charge in [-0.15, -0.1) is 11.3 Å². The van der Waals surface area contributed by atoms with Gasteiger partial charge in [0, 0.05) is 37.3 Å². The van der Waals surface area contributed by atoms with E-state index in [9.17, 15) is 4.79 Å². The number of nitrogens with zero attached hydrogens (tertiary/aromatic N) is 2. The Morgan fingerprint density at radius 2 is 2.32 bits per heavy atom. The van der Waals surface area contributed by atoms with Crippen molar-refractivity contribution in [1.82, 2.24) is 9.88 Å². The zero-order valence-electron chi connectivity index (χ0n) is 11.1. The van der Waals surface area contributed by atoms with Crippen LogP contribution in [-0.4, -0.2) is 22.8 Å². The third kappa shape index (κ3) is 4.06. The van der Waals surface area contributed by atoms with Gasteiger partial charge < -0.3 is 10.2 Å². The van der Waals surface area contributed by atoms with Crippen molar-refractivity contribution in [2.45, 2.75) is 20.0 Å². The third-order valence-electron chi connectivity index (χ3n) is 2.83. The van der Waals surface area contributed by atoms with Gasteiger partial charge >= 0.3 is 0 Å². The molecule has 100 valence electrons. The van der Waals surface area contributed by atoms with Gasteiger partial charge in [0.2, 0.25) is 5.91 Å². The smallest absolute Gasteiger partial charge is 0.219 e. The van der Waals surface area contributed by atoms with Crippen LogP contribution in [0.25, 0.3) is 0 Å². The van der Waals surface area contributed by atoms with Gasteiger partial charge in [-0.3, -0.25) is 9.78 Å². The Kier molecular flexibility index (Phi) is 4.52. The summed E-state index contributed by atoms with van der Waals surface area (Å²) in [7, 11) is 1.81. The van der Waals surface area contributed by atoms with Gasteiger partial charge in [0.25, 0.3) is 0 Å². The number of nitrogens with one attached hydrogen (secondary N) is 1. The third-order valence-corrected chi connectivity index (χ3v) is 3.61. The lowest BCUT2D eigenvalue weighted by Gasteiger charge is -2.15. The number of carbonyl (C=O) groups excluding carboxylic acids is 1. The second-order valence-electron chi connectivity index (χ2n) is 4.40. The van der Waals surface area contributed by atoms with Crippen molar-refractivity contribution in [3.63, 3.8) is 0 Å². The first-order chi connectivity index (χ1) is 9.15. The predicted octanol–water partition coefficient (Wildman–Crippen LogP) is 2.73. The molecular weight excluding hydrogens is 258 g/mol. The van der Waals surface area contributed by atoms with E-state index in [1.165, 1.54) is 4.88 Å². The van der Waals surface area contributed by atoms with E-state index in [1.54, 1.807) is 30.2 Å². The lowest BCUT2D eigenvalue weighted by atomic mass is 10.2. The van der Waals surface area contributed by atoms with Gasteiger partial charge in [-0.1, -0.05) is 12.1 Å². The Labute approximate surface area is 117 Å². The summed E-state index contributed by atoms with van der Waals surface area (Å²) in [6, 6.07) is 8.12. The maximum atomic E-state index is 11.2. The minimum absolute atomic E-state index is 0.0722. The quantitative estimate of drug-likeness (QED) is 0.912. The lowest BCUT2D eigenvalue weighted by Crippen LogP contribution is -2.22. The predicted molar refractivity (Wildman–Crippen MR) is 78.0 cm³/mol. The van der Waals surface area contributed by atoms with Crippen LogP contribution in [-0.2, 0) is 17.9 Å². The number of anilines is 1. The molecule has 1 aromatic carbocycles. The number of benzene rings is 1. The maximum Gasteiger partial charge on any atom is 0.219 e. The molecule has 0 saturated carbocycles. The molecule has 1 heterocycles. The van der Waals surface area contributed by atoms with Gasteiger partial charge in [0.15, 0.2) is 0 Å². The summed E-state index contributed by atoms with van der Waals surface area (Å²) in [5.74, 6) is 0.0722. The number of aromatic nitrogens is 1. The van der Waals surface area contributed by atoms with E-state index < -0.39 is 0 Å². The van der Waals surface area contributed by atoms with E-state index in [0.29, 0.717) is 6.54 Å². The number of hydrogen-bond donors (Lipinski definition) is 1. The van der Waals surface area contributed by atoms with Crippen molar-refractivity contribution in [2.75, 3.05) is 12.4 Å². The summed E-state index contributed by atoms with van der Waals surface area (Å²) in [6.45, 7) is 2.98.